The smallest absolute Gasteiger partial charge is 0.226 e. The lowest BCUT2D eigenvalue weighted by molar-refractivity contribution is 0.184. The van der Waals surface area contributed by atoms with Gasteiger partial charge in [-0.2, -0.15) is 11.8 Å². The van der Waals surface area contributed by atoms with E-state index in [1.165, 1.54) is 30.8 Å². The molecule has 0 radical (unpaired) electrons. The summed E-state index contributed by atoms with van der Waals surface area (Å²) in [6, 6.07) is 11.6. The number of oxazole rings is 1. The Hall–Kier alpha value is -1.30. The van der Waals surface area contributed by atoms with Crippen LogP contribution in [0.4, 0.5) is 0 Å². The standard InChI is InChI=1S/C19H25N3OS/c1-2-4-15(5-3-1)19-21-18(13-23-19)12-22-9-6-16(7-10-22)20-17-8-11-24-14-17/h1-5,13,16-17,20H,6-12,14H2/t17-/m1/s1. The third-order valence-electron chi connectivity index (χ3n) is 4.95. The van der Waals surface area contributed by atoms with Gasteiger partial charge in [-0.25, -0.2) is 4.98 Å². The van der Waals surface area contributed by atoms with Gasteiger partial charge < -0.3 is 9.73 Å². The minimum absolute atomic E-state index is 0.696. The van der Waals surface area contributed by atoms with Crippen LogP contribution in [0.5, 0.6) is 0 Å². The zero-order valence-electron chi connectivity index (χ0n) is 14.0. The number of thioether (sulfide) groups is 1. The number of nitrogens with zero attached hydrogens (tertiary/aromatic N) is 2. The predicted molar refractivity (Wildman–Crippen MR) is 99.1 cm³/mol. The highest BCUT2D eigenvalue weighted by Crippen LogP contribution is 2.22. The van der Waals surface area contributed by atoms with Gasteiger partial charge in [0.1, 0.15) is 6.26 Å². The Morgan fingerprint density at radius 1 is 1.12 bits per heavy atom. The molecule has 24 heavy (non-hydrogen) atoms. The first-order chi connectivity index (χ1) is 11.9. The molecule has 0 unspecified atom stereocenters. The van der Waals surface area contributed by atoms with Crippen LogP contribution in [0.1, 0.15) is 25.0 Å². The summed E-state index contributed by atoms with van der Waals surface area (Å²) in [7, 11) is 0. The zero-order valence-corrected chi connectivity index (χ0v) is 14.8. The van der Waals surface area contributed by atoms with Crippen LogP contribution in [0, 0.1) is 0 Å². The van der Waals surface area contributed by atoms with Gasteiger partial charge in [0.2, 0.25) is 5.89 Å². The van der Waals surface area contributed by atoms with Crippen molar-refractivity contribution in [3.8, 4) is 11.5 Å². The molecule has 1 atom stereocenters. The molecule has 2 saturated heterocycles. The maximum absolute atomic E-state index is 5.65. The Morgan fingerprint density at radius 2 is 1.96 bits per heavy atom. The van der Waals surface area contributed by atoms with Crippen LogP contribution in [-0.2, 0) is 6.54 Å². The molecule has 0 saturated carbocycles. The molecular weight excluding hydrogens is 318 g/mol. The highest BCUT2D eigenvalue weighted by Gasteiger charge is 2.24. The first-order valence-electron chi connectivity index (χ1n) is 8.93. The third-order valence-corrected chi connectivity index (χ3v) is 6.11. The summed E-state index contributed by atoms with van der Waals surface area (Å²) in [4.78, 5) is 7.14. The average Bonchev–Trinajstić information content (AvgIpc) is 3.29. The molecule has 128 valence electrons. The molecule has 2 aromatic rings. The summed E-state index contributed by atoms with van der Waals surface area (Å²) in [5, 5.41) is 3.85. The molecule has 2 fully saturated rings. The number of nitrogens with one attached hydrogen (secondary N) is 1. The Balaban J connectivity index is 1.27. The number of piperidine rings is 1. The van der Waals surface area contributed by atoms with E-state index >= 15 is 0 Å². The lowest BCUT2D eigenvalue weighted by Gasteiger charge is -2.33. The van der Waals surface area contributed by atoms with E-state index in [0.717, 1.165) is 42.8 Å². The fourth-order valence-electron chi connectivity index (χ4n) is 3.58. The van der Waals surface area contributed by atoms with Gasteiger partial charge in [0, 0.05) is 43.0 Å². The van der Waals surface area contributed by atoms with Crippen molar-refractivity contribution < 1.29 is 4.42 Å². The van der Waals surface area contributed by atoms with Gasteiger partial charge in [0.05, 0.1) is 5.69 Å². The maximum Gasteiger partial charge on any atom is 0.226 e. The first-order valence-corrected chi connectivity index (χ1v) is 10.1. The SMILES string of the molecule is c1ccc(-c2nc(CN3CCC(N[C@@H]4CCSC4)CC3)co2)cc1. The number of likely N-dealkylation sites (tertiary alicyclic amines) is 1. The molecule has 2 aliphatic heterocycles. The van der Waals surface area contributed by atoms with Crippen molar-refractivity contribution >= 4 is 11.8 Å². The van der Waals surface area contributed by atoms with Crippen LogP contribution in [0.2, 0.25) is 0 Å². The van der Waals surface area contributed by atoms with E-state index in [9.17, 15) is 0 Å². The Labute approximate surface area is 148 Å². The first kappa shape index (κ1) is 16.2. The highest BCUT2D eigenvalue weighted by molar-refractivity contribution is 7.99. The molecule has 0 spiro atoms. The molecule has 1 aromatic carbocycles. The summed E-state index contributed by atoms with van der Waals surface area (Å²) < 4.78 is 5.65. The van der Waals surface area contributed by atoms with E-state index in [1.807, 2.05) is 36.6 Å². The molecule has 4 nitrogen and oxygen atoms in total. The minimum Gasteiger partial charge on any atom is -0.444 e. The largest absolute Gasteiger partial charge is 0.444 e. The van der Waals surface area contributed by atoms with E-state index in [-0.39, 0.29) is 0 Å². The Kier molecular flexibility index (Phi) is 5.21. The molecule has 0 amide bonds. The molecule has 2 aliphatic rings. The van der Waals surface area contributed by atoms with Crippen molar-refractivity contribution in [3.63, 3.8) is 0 Å². The van der Waals surface area contributed by atoms with E-state index < -0.39 is 0 Å². The van der Waals surface area contributed by atoms with Crippen LogP contribution in [0.3, 0.4) is 0 Å². The van der Waals surface area contributed by atoms with Crippen LogP contribution >= 0.6 is 11.8 Å². The predicted octanol–water partition coefficient (Wildman–Crippen LogP) is 3.40. The normalized spacial score (nSPS) is 22.9. The number of hydrogen-bond donors (Lipinski definition) is 1. The van der Waals surface area contributed by atoms with Gasteiger partial charge in [-0.1, -0.05) is 18.2 Å². The topological polar surface area (TPSA) is 41.3 Å². The van der Waals surface area contributed by atoms with E-state index in [1.54, 1.807) is 0 Å². The van der Waals surface area contributed by atoms with Gasteiger partial charge in [-0.15, -0.1) is 0 Å². The molecular formula is C19H25N3OS. The number of hydrogen-bond acceptors (Lipinski definition) is 5. The van der Waals surface area contributed by atoms with Crippen molar-refractivity contribution in [2.24, 2.45) is 0 Å². The molecule has 4 rings (SSSR count). The van der Waals surface area contributed by atoms with E-state index in [2.05, 4.69) is 27.0 Å². The van der Waals surface area contributed by atoms with Crippen molar-refractivity contribution in [1.82, 2.24) is 15.2 Å². The van der Waals surface area contributed by atoms with Crippen LogP contribution in [0.25, 0.3) is 11.5 Å². The summed E-state index contributed by atoms with van der Waals surface area (Å²) in [5.74, 6) is 3.34. The summed E-state index contributed by atoms with van der Waals surface area (Å²) >= 11 is 2.08. The quantitative estimate of drug-likeness (QED) is 0.901. The van der Waals surface area contributed by atoms with Crippen molar-refractivity contribution in [1.29, 1.82) is 0 Å². The average molecular weight is 343 g/mol. The summed E-state index contributed by atoms with van der Waals surface area (Å²) in [6.45, 7) is 3.18. The second-order valence-electron chi connectivity index (χ2n) is 6.79. The summed E-state index contributed by atoms with van der Waals surface area (Å²) in [6.07, 6.45) is 5.63. The number of rotatable bonds is 5. The van der Waals surface area contributed by atoms with E-state index in [4.69, 9.17) is 4.42 Å². The lowest BCUT2D eigenvalue weighted by Crippen LogP contribution is -2.46. The number of aromatic nitrogens is 1. The molecule has 1 N–H and O–H groups in total. The van der Waals surface area contributed by atoms with Crippen molar-refractivity contribution in [3.05, 3.63) is 42.3 Å². The fourth-order valence-corrected chi connectivity index (χ4v) is 4.74. The lowest BCUT2D eigenvalue weighted by atomic mass is 10.0. The Bertz CT molecular complexity index is 631. The van der Waals surface area contributed by atoms with Crippen molar-refractivity contribution in [2.75, 3.05) is 24.6 Å². The van der Waals surface area contributed by atoms with Gasteiger partial charge in [0.25, 0.3) is 0 Å². The van der Waals surface area contributed by atoms with Gasteiger partial charge in [-0.3, -0.25) is 4.90 Å². The molecule has 5 heteroatoms. The third kappa shape index (κ3) is 4.02. The van der Waals surface area contributed by atoms with Crippen LogP contribution < -0.4 is 5.32 Å². The van der Waals surface area contributed by atoms with Gasteiger partial charge in [-0.05, 0) is 37.1 Å². The molecule has 3 heterocycles. The maximum atomic E-state index is 5.65. The van der Waals surface area contributed by atoms with Crippen molar-refractivity contribution in [2.45, 2.75) is 37.9 Å². The second kappa shape index (κ2) is 7.72. The van der Waals surface area contributed by atoms with Gasteiger partial charge >= 0.3 is 0 Å². The van der Waals surface area contributed by atoms with Gasteiger partial charge in [0.15, 0.2) is 0 Å². The molecule has 0 bridgehead atoms. The molecule has 1 aromatic heterocycles. The zero-order chi connectivity index (χ0) is 16.2. The Morgan fingerprint density at radius 3 is 2.71 bits per heavy atom. The number of benzene rings is 1. The molecule has 0 aliphatic carbocycles. The van der Waals surface area contributed by atoms with Crippen LogP contribution in [0.15, 0.2) is 41.0 Å². The van der Waals surface area contributed by atoms with E-state index in [0.29, 0.717) is 6.04 Å². The monoisotopic (exact) mass is 343 g/mol. The fraction of sp³-hybridized carbons (Fsp3) is 0.526. The van der Waals surface area contributed by atoms with Crippen LogP contribution in [-0.4, -0.2) is 46.6 Å². The summed E-state index contributed by atoms with van der Waals surface area (Å²) in [5.41, 5.74) is 2.08. The highest BCUT2D eigenvalue weighted by atomic mass is 32.2. The second-order valence-corrected chi connectivity index (χ2v) is 7.94. The minimum atomic E-state index is 0.696.